The molecule has 0 aromatic heterocycles. The molecule has 0 spiro atoms. The normalized spacial score (nSPS) is 21.0. The van der Waals surface area contributed by atoms with Gasteiger partial charge in [-0.25, -0.2) is 0 Å². The Morgan fingerprint density at radius 3 is 1.92 bits per heavy atom. The maximum Gasteiger partial charge on any atom is 0.0911 e. The third kappa shape index (κ3) is 4.70. The number of quaternary nitrogens is 1. The molecule has 0 aromatic carbocycles. The largest absolute Gasteiger partial charge is 0.324 e. The predicted molar refractivity (Wildman–Crippen MR) is 54.3 cm³/mol. The van der Waals surface area contributed by atoms with E-state index < -0.39 is 0 Å². The lowest BCUT2D eigenvalue weighted by Crippen LogP contribution is -2.55. The highest BCUT2D eigenvalue weighted by molar-refractivity contribution is 4.53. The van der Waals surface area contributed by atoms with E-state index in [1.165, 1.54) is 37.2 Å². The fourth-order valence-corrected chi connectivity index (χ4v) is 1.25. The van der Waals surface area contributed by atoms with Crippen molar-refractivity contribution in [3.8, 4) is 0 Å². The number of likely N-dealkylation sites (N-methyl/N-ethyl adjacent to an activating group) is 1. The number of rotatable bonds is 1. The summed E-state index contributed by atoms with van der Waals surface area (Å²) < 4.78 is 1.26. The number of hydrogen-bond donors (Lipinski definition) is 2. The van der Waals surface area contributed by atoms with Crippen molar-refractivity contribution in [2.24, 2.45) is 0 Å². The molecular weight excluding hydrogens is 150 g/mol. The molecule has 3 nitrogen and oxygen atoms in total. The Balaban J connectivity index is 0.000000354. The molecule has 74 valence electrons. The van der Waals surface area contributed by atoms with Gasteiger partial charge in [0.25, 0.3) is 0 Å². The molecule has 1 fully saturated rings. The molecule has 12 heavy (non-hydrogen) atoms. The van der Waals surface area contributed by atoms with E-state index in [2.05, 4.69) is 24.6 Å². The summed E-state index contributed by atoms with van der Waals surface area (Å²) in [6, 6.07) is 0. The summed E-state index contributed by atoms with van der Waals surface area (Å²) in [6.45, 7) is 8.55. The fraction of sp³-hybridized carbons (Fsp3) is 1.00. The van der Waals surface area contributed by atoms with Crippen molar-refractivity contribution in [1.82, 2.24) is 10.6 Å². The SMILES string of the molecule is CC[N+]1(C)CCNCC1.CNC. The van der Waals surface area contributed by atoms with Gasteiger partial charge in [-0.15, -0.1) is 0 Å². The molecule has 0 aliphatic carbocycles. The van der Waals surface area contributed by atoms with Crippen LogP contribution in [0.1, 0.15) is 6.92 Å². The van der Waals surface area contributed by atoms with E-state index in [0.29, 0.717) is 0 Å². The number of nitrogens with zero attached hydrogens (tertiary/aromatic N) is 1. The van der Waals surface area contributed by atoms with Crippen molar-refractivity contribution in [2.45, 2.75) is 6.92 Å². The van der Waals surface area contributed by atoms with Gasteiger partial charge in [-0.2, -0.15) is 0 Å². The topological polar surface area (TPSA) is 24.1 Å². The highest BCUT2D eigenvalue weighted by Gasteiger charge is 2.20. The van der Waals surface area contributed by atoms with Crippen LogP contribution >= 0.6 is 0 Å². The molecule has 0 radical (unpaired) electrons. The zero-order valence-corrected chi connectivity index (χ0v) is 8.98. The molecule has 1 rings (SSSR count). The molecule has 2 N–H and O–H groups in total. The van der Waals surface area contributed by atoms with Crippen LogP contribution in [0.15, 0.2) is 0 Å². The van der Waals surface area contributed by atoms with Gasteiger partial charge < -0.3 is 15.1 Å². The minimum atomic E-state index is 1.20. The van der Waals surface area contributed by atoms with Crippen LogP contribution in [0.3, 0.4) is 0 Å². The lowest BCUT2D eigenvalue weighted by Gasteiger charge is -2.36. The summed E-state index contributed by atoms with van der Waals surface area (Å²) in [5.74, 6) is 0. The van der Waals surface area contributed by atoms with Crippen LogP contribution in [0, 0.1) is 0 Å². The van der Waals surface area contributed by atoms with Gasteiger partial charge in [0.15, 0.2) is 0 Å². The second-order valence-electron chi connectivity index (χ2n) is 3.63. The summed E-state index contributed by atoms with van der Waals surface area (Å²) in [4.78, 5) is 0. The van der Waals surface area contributed by atoms with Crippen LogP contribution in [-0.2, 0) is 0 Å². The van der Waals surface area contributed by atoms with Crippen LogP contribution in [0.5, 0.6) is 0 Å². The highest BCUT2D eigenvalue weighted by Crippen LogP contribution is 2.01. The van der Waals surface area contributed by atoms with Gasteiger partial charge in [0, 0.05) is 13.1 Å². The van der Waals surface area contributed by atoms with Crippen molar-refractivity contribution in [3.05, 3.63) is 0 Å². The van der Waals surface area contributed by atoms with Gasteiger partial charge in [-0.1, -0.05) is 0 Å². The van der Waals surface area contributed by atoms with E-state index >= 15 is 0 Å². The number of nitrogens with one attached hydrogen (secondary N) is 2. The molecule has 0 aromatic rings. The molecule has 0 bridgehead atoms. The van der Waals surface area contributed by atoms with E-state index in [1.807, 2.05) is 14.1 Å². The Morgan fingerprint density at radius 1 is 1.25 bits per heavy atom. The molecule has 3 heteroatoms. The third-order valence-electron chi connectivity index (χ3n) is 2.42. The van der Waals surface area contributed by atoms with Gasteiger partial charge in [-0.05, 0) is 21.0 Å². The van der Waals surface area contributed by atoms with Gasteiger partial charge >= 0.3 is 0 Å². The maximum atomic E-state index is 3.36. The Morgan fingerprint density at radius 2 is 1.67 bits per heavy atom. The third-order valence-corrected chi connectivity index (χ3v) is 2.42. The molecule has 0 amide bonds. The zero-order valence-electron chi connectivity index (χ0n) is 8.98. The van der Waals surface area contributed by atoms with Gasteiger partial charge in [0.1, 0.15) is 0 Å². The lowest BCUT2D eigenvalue weighted by molar-refractivity contribution is -0.909. The first kappa shape index (κ1) is 11.9. The first-order valence-corrected chi connectivity index (χ1v) is 4.81. The summed E-state index contributed by atoms with van der Waals surface area (Å²) in [5.41, 5.74) is 0. The summed E-state index contributed by atoms with van der Waals surface area (Å²) >= 11 is 0. The summed E-state index contributed by atoms with van der Waals surface area (Å²) in [6.07, 6.45) is 0. The monoisotopic (exact) mass is 174 g/mol. The summed E-state index contributed by atoms with van der Waals surface area (Å²) in [5, 5.41) is 6.11. The smallest absolute Gasteiger partial charge is 0.0911 e. The fourth-order valence-electron chi connectivity index (χ4n) is 1.25. The van der Waals surface area contributed by atoms with Crippen LogP contribution < -0.4 is 10.6 Å². The predicted octanol–water partition coefficient (Wildman–Crippen LogP) is -0.108. The van der Waals surface area contributed by atoms with Gasteiger partial charge in [-0.3, -0.25) is 0 Å². The summed E-state index contributed by atoms with van der Waals surface area (Å²) in [7, 11) is 6.08. The molecule has 0 atom stereocenters. The van der Waals surface area contributed by atoms with E-state index in [0.717, 1.165) is 0 Å². The molecule has 0 unspecified atom stereocenters. The van der Waals surface area contributed by atoms with Crippen LogP contribution in [0.25, 0.3) is 0 Å². The highest BCUT2D eigenvalue weighted by atomic mass is 15.4. The molecule has 1 saturated heterocycles. The molecule has 1 aliphatic heterocycles. The Bertz CT molecular complexity index is 97.9. The standard InChI is InChI=1S/C7H17N2.C2H7N/c1-3-9(2)6-4-8-5-7-9;1-3-2/h8H,3-7H2,1-2H3;3H,1-2H3/q+1;. The Hall–Kier alpha value is -0.120. The van der Waals surface area contributed by atoms with E-state index in [1.54, 1.807) is 0 Å². The van der Waals surface area contributed by atoms with Crippen LogP contribution in [-0.4, -0.2) is 58.3 Å². The zero-order chi connectivity index (χ0) is 9.45. The van der Waals surface area contributed by atoms with Crippen LogP contribution in [0.2, 0.25) is 0 Å². The van der Waals surface area contributed by atoms with E-state index in [9.17, 15) is 0 Å². The minimum absolute atomic E-state index is 1.20. The van der Waals surface area contributed by atoms with Gasteiger partial charge in [0.05, 0.1) is 26.7 Å². The van der Waals surface area contributed by atoms with E-state index in [4.69, 9.17) is 0 Å². The molecular formula is C9H24N3+. The number of hydrogen-bond acceptors (Lipinski definition) is 2. The van der Waals surface area contributed by atoms with Crippen molar-refractivity contribution in [1.29, 1.82) is 0 Å². The average Bonchev–Trinajstić information content (AvgIpc) is 2.07. The van der Waals surface area contributed by atoms with Crippen molar-refractivity contribution in [2.75, 3.05) is 53.9 Å². The second kappa shape index (κ2) is 6.40. The Labute approximate surface area is 76.7 Å². The minimum Gasteiger partial charge on any atom is -0.324 e. The van der Waals surface area contributed by atoms with Crippen LogP contribution in [0.4, 0.5) is 0 Å². The van der Waals surface area contributed by atoms with Crippen molar-refractivity contribution in [3.63, 3.8) is 0 Å². The maximum absolute atomic E-state index is 3.36. The van der Waals surface area contributed by atoms with Crippen molar-refractivity contribution >= 4 is 0 Å². The Kier molecular flexibility index (Phi) is 6.34. The number of piperazine rings is 1. The molecule has 0 saturated carbocycles. The quantitative estimate of drug-likeness (QED) is 0.542. The van der Waals surface area contributed by atoms with E-state index in [-0.39, 0.29) is 0 Å². The van der Waals surface area contributed by atoms with Crippen molar-refractivity contribution < 1.29 is 4.48 Å². The lowest BCUT2D eigenvalue weighted by atomic mass is 10.3. The average molecular weight is 174 g/mol. The molecule has 1 heterocycles. The second-order valence-corrected chi connectivity index (χ2v) is 3.63. The first-order valence-electron chi connectivity index (χ1n) is 4.81. The molecule has 1 aliphatic rings. The first-order chi connectivity index (χ1) is 5.68. The van der Waals surface area contributed by atoms with Gasteiger partial charge in [0.2, 0.25) is 0 Å².